The van der Waals surface area contributed by atoms with E-state index in [1.807, 2.05) is 0 Å². The molecular formula is C11H18. The maximum atomic E-state index is 2.35. The van der Waals surface area contributed by atoms with Gasteiger partial charge in [0.05, 0.1) is 0 Å². The zero-order valence-corrected chi connectivity index (χ0v) is 7.59. The molecule has 62 valence electrons. The Morgan fingerprint density at radius 1 is 0.909 bits per heavy atom. The van der Waals surface area contributed by atoms with Crippen molar-refractivity contribution in [3.05, 3.63) is 24.3 Å². The summed E-state index contributed by atoms with van der Waals surface area (Å²) in [6.07, 6.45) is 13.2. The molecule has 0 N–H and O–H groups in total. The highest BCUT2D eigenvalue weighted by Crippen LogP contribution is 2.32. The van der Waals surface area contributed by atoms with Gasteiger partial charge in [-0.3, -0.25) is 0 Å². The fourth-order valence-electron chi connectivity index (χ4n) is 1.95. The first kappa shape index (κ1) is 8.58. The van der Waals surface area contributed by atoms with Gasteiger partial charge in [-0.2, -0.15) is 0 Å². The third kappa shape index (κ3) is 2.53. The number of rotatable bonds is 2. The molecule has 0 heterocycles. The van der Waals surface area contributed by atoms with Crippen molar-refractivity contribution < 1.29 is 0 Å². The first-order chi connectivity index (χ1) is 5.36. The van der Waals surface area contributed by atoms with Crippen molar-refractivity contribution in [2.45, 2.75) is 33.1 Å². The Morgan fingerprint density at radius 2 is 1.36 bits per heavy atom. The van der Waals surface area contributed by atoms with Crippen molar-refractivity contribution in [3.8, 4) is 0 Å². The summed E-state index contributed by atoms with van der Waals surface area (Å²) in [5.74, 6) is 1.72. The van der Waals surface area contributed by atoms with Gasteiger partial charge in [-0.15, -0.1) is 0 Å². The van der Waals surface area contributed by atoms with Crippen molar-refractivity contribution in [3.63, 3.8) is 0 Å². The third-order valence-corrected chi connectivity index (χ3v) is 2.44. The lowest BCUT2D eigenvalue weighted by Gasteiger charge is -2.01. The molecule has 0 aliphatic heterocycles. The van der Waals surface area contributed by atoms with Gasteiger partial charge < -0.3 is 0 Å². The van der Waals surface area contributed by atoms with Crippen molar-refractivity contribution in [2.75, 3.05) is 0 Å². The Bertz CT molecular complexity index is 135. The number of hydrogen-bond acceptors (Lipinski definition) is 0. The lowest BCUT2D eigenvalue weighted by atomic mass is 10.0. The fourth-order valence-corrected chi connectivity index (χ4v) is 1.95. The molecule has 1 aliphatic carbocycles. The highest BCUT2D eigenvalue weighted by Gasteiger charge is 2.19. The molecule has 1 rings (SSSR count). The maximum Gasteiger partial charge on any atom is -0.0228 e. The number of allylic oxidation sites excluding steroid dienone is 4. The molecule has 0 aromatic heterocycles. The minimum atomic E-state index is 0.862. The summed E-state index contributed by atoms with van der Waals surface area (Å²) in [4.78, 5) is 0. The third-order valence-electron chi connectivity index (χ3n) is 2.44. The highest BCUT2D eigenvalue weighted by atomic mass is 14.2. The molecule has 0 bridgehead atoms. The minimum Gasteiger partial charge on any atom is -0.0914 e. The highest BCUT2D eigenvalue weighted by molar-refractivity contribution is 4.97. The van der Waals surface area contributed by atoms with E-state index in [1.54, 1.807) is 0 Å². The summed E-state index contributed by atoms with van der Waals surface area (Å²) < 4.78 is 0. The Morgan fingerprint density at radius 3 is 1.73 bits per heavy atom. The molecule has 0 spiro atoms. The van der Waals surface area contributed by atoms with Crippen LogP contribution in [0.4, 0.5) is 0 Å². The van der Waals surface area contributed by atoms with Crippen LogP contribution in [0.1, 0.15) is 33.1 Å². The van der Waals surface area contributed by atoms with Crippen LogP contribution in [-0.2, 0) is 0 Å². The molecule has 0 heteroatoms. The Balaban J connectivity index is 2.34. The van der Waals surface area contributed by atoms with Crippen LogP contribution in [0, 0.1) is 11.8 Å². The molecule has 0 aromatic carbocycles. The lowest BCUT2D eigenvalue weighted by Crippen LogP contribution is -1.89. The van der Waals surface area contributed by atoms with Crippen LogP contribution < -0.4 is 0 Å². The van der Waals surface area contributed by atoms with E-state index in [4.69, 9.17) is 0 Å². The first-order valence-corrected chi connectivity index (χ1v) is 4.62. The van der Waals surface area contributed by atoms with Gasteiger partial charge in [0.15, 0.2) is 0 Å². The van der Waals surface area contributed by atoms with Crippen LogP contribution in [0.2, 0.25) is 0 Å². The first-order valence-electron chi connectivity index (χ1n) is 4.62. The second kappa shape index (κ2) is 4.38. The van der Waals surface area contributed by atoms with E-state index in [0.29, 0.717) is 0 Å². The van der Waals surface area contributed by atoms with Gasteiger partial charge in [-0.25, -0.2) is 0 Å². The van der Waals surface area contributed by atoms with Gasteiger partial charge in [0, 0.05) is 0 Å². The molecule has 11 heavy (non-hydrogen) atoms. The summed E-state index contributed by atoms with van der Waals surface area (Å²) in [7, 11) is 0. The summed E-state index contributed by atoms with van der Waals surface area (Å²) in [6.45, 7) is 4.23. The quantitative estimate of drug-likeness (QED) is 0.528. The molecule has 0 aromatic rings. The average Bonchev–Trinajstić information content (AvgIpc) is 2.38. The largest absolute Gasteiger partial charge is 0.0914 e. The zero-order chi connectivity index (χ0) is 8.10. The molecule has 0 amide bonds. The van der Waals surface area contributed by atoms with Crippen LogP contribution in [0.5, 0.6) is 0 Å². The second-order valence-corrected chi connectivity index (χ2v) is 3.38. The van der Waals surface area contributed by atoms with E-state index in [0.717, 1.165) is 11.8 Å². The predicted octanol–water partition coefficient (Wildman–Crippen LogP) is 3.55. The van der Waals surface area contributed by atoms with E-state index in [9.17, 15) is 0 Å². The molecule has 0 radical (unpaired) electrons. The number of hydrogen-bond donors (Lipinski definition) is 0. The molecule has 1 aliphatic rings. The second-order valence-electron chi connectivity index (χ2n) is 3.38. The predicted molar refractivity (Wildman–Crippen MR) is 50.5 cm³/mol. The van der Waals surface area contributed by atoms with Gasteiger partial charge in [0.1, 0.15) is 0 Å². The summed E-state index contributed by atoms with van der Waals surface area (Å²) in [5, 5.41) is 0. The van der Waals surface area contributed by atoms with Crippen molar-refractivity contribution in [1.29, 1.82) is 0 Å². The monoisotopic (exact) mass is 150 g/mol. The fraction of sp³-hybridized carbons (Fsp3) is 0.636. The van der Waals surface area contributed by atoms with Gasteiger partial charge in [-0.1, -0.05) is 24.3 Å². The SMILES string of the molecule is C/C=C/C1CCC(/C=C/C)C1. The van der Waals surface area contributed by atoms with Crippen LogP contribution in [0.25, 0.3) is 0 Å². The average molecular weight is 150 g/mol. The van der Waals surface area contributed by atoms with Gasteiger partial charge >= 0.3 is 0 Å². The van der Waals surface area contributed by atoms with Crippen LogP contribution in [0.15, 0.2) is 24.3 Å². The van der Waals surface area contributed by atoms with Gasteiger partial charge in [0.25, 0.3) is 0 Å². The lowest BCUT2D eigenvalue weighted by molar-refractivity contribution is 0.638. The zero-order valence-electron chi connectivity index (χ0n) is 7.59. The Kier molecular flexibility index (Phi) is 3.41. The van der Waals surface area contributed by atoms with Crippen molar-refractivity contribution in [2.24, 2.45) is 11.8 Å². The van der Waals surface area contributed by atoms with Crippen LogP contribution in [0.3, 0.4) is 0 Å². The van der Waals surface area contributed by atoms with E-state index >= 15 is 0 Å². The molecule has 0 saturated heterocycles. The van der Waals surface area contributed by atoms with E-state index in [2.05, 4.69) is 38.2 Å². The smallest absolute Gasteiger partial charge is 0.0228 e. The molecule has 2 atom stereocenters. The van der Waals surface area contributed by atoms with Crippen molar-refractivity contribution in [1.82, 2.24) is 0 Å². The maximum absolute atomic E-state index is 2.35. The molecule has 1 fully saturated rings. The normalized spacial score (nSPS) is 32.5. The van der Waals surface area contributed by atoms with Crippen LogP contribution in [-0.4, -0.2) is 0 Å². The minimum absolute atomic E-state index is 0.862. The summed E-state index contributed by atoms with van der Waals surface area (Å²) >= 11 is 0. The molecule has 0 nitrogen and oxygen atoms in total. The van der Waals surface area contributed by atoms with Crippen LogP contribution >= 0.6 is 0 Å². The van der Waals surface area contributed by atoms with Crippen molar-refractivity contribution >= 4 is 0 Å². The topological polar surface area (TPSA) is 0 Å². The summed E-state index contributed by atoms with van der Waals surface area (Å²) in [6, 6.07) is 0. The van der Waals surface area contributed by atoms with Gasteiger partial charge in [0.2, 0.25) is 0 Å². The standard InChI is InChI=1S/C11H18/c1-3-5-10-7-8-11(9-10)6-4-2/h3-6,10-11H,7-9H2,1-2H3/b5-3+,6-4+. The Labute approximate surface area is 70.0 Å². The Hall–Kier alpha value is -0.520. The van der Waals surface area contributed by atoms with E-state index in [1.165, 1.54) is 19.3 Å². The molecule has 2 unspecified atom stereocenters. The van der Waals surface area contributed by atoms with E-state index < -0.39 is 0 Å². The molecule has 1 saturated carbocycles. The molecular weight excluding hydrogens is 132 g/mol. The van der Waals surface area contributed by atoms with E-state index in [-0.39, 0.29) is 0 Å². The summed E-state index contributed by atoms with van der Waals surface area (Å²) in [5.41, 5.74) is 0. The van der Waals surface area contributed by atoms with Gasteiger partial charge in [-0.05, 0) is 44.9 Å².